The molecule has 1 aliphatic heterocycles. The van der Waals surface area contributed by atoms with Gasteiger partial charge in [-0.3, -0.25) is 24.6 Å². The highest BCUT2D eigenvalue weighted by Crippen LogP contribution is 2.35. The molecule has 0 atom stereocenters. The number of nitro benzene ring substituents is 1. The fraction of sp³-hybridized carbons (Fsp3) is 0.120. The Kier molecular flexibility index (Phi) is 6.93. The van der Waals surface area contributed by atoms with Crippen LogP contribution in [0, 0.1) is 10.1 Å². The zero-order chi connectivity index (χ0) is 24.1. The molecule has 34 heavy (non-hydrogen) atoms. The maximum absolute atomic E-state index is 12.8. The Morgan fingerprint density at radius 3 is 2.47 bits per heavy atom. The number of nitro groups is 1. The van der Waals surface area contributed by atoms with Gasteiger partial charge in [0.2, 0.25) is 0 Å². The van der Waals surface area contributed by atoms with Crippen LogP contribution in [-0.4, -0.2) is 28.1 Å². The predicted octanol–water partition coefficient (Wildman–Crippen LogP) is 5.42. The Balaban J connectivity index is 1.48. The van der Waals surface area contributed by atoms with Gasteiger partial charge in [-0.15, -0.1) is 0 Å². The quantitative estimate of drug-likeness (QED) is 0.243. The monoisotopic (exact) mass is 476 g/mol. The van der Waals surface area contributed by atoms with Gasteiger partial charge >= 0.3 is 0 Å². The molecule has 1 aliphatic rings. The van der Waals surface area contributed by atoms with Crippen LogP contribution in [0.2, 0.25) is 0 Å². The predicted molar refractivity (Wildman–Crippen MR) is 128 cm³/mol. The third-order valence-electron chi connectivity index (χ3n) is 5.06. The van der Waals surface area contributed by atoms with E-state index in [1.54, 1.807) is 36.4 Å². The van der Waals surface area contributed by atoms with Gasteiger partial charge in [0.25, 0.3) is 16.8 Å². The molecule has 1 heterocycles. The molecular weight excluding hydrogens is 456 g/mol. The van der Waals surface area contributed by atoms with Crippen molar-refractivity contribution in [1.82, 2.24) is 4.90 Å². The maximum atomic E-state index is 12.8. The highest BCUT2D eigenvalue weighted by Gasteiger charge is 2.35. The van der Waals surface area contributed by atoms with Crippen LogP contribution < -0.4 is 9.47 Å². The van der Waals surface area contributed by atoms with Crippen molar-refractivity contribution in [1.29, 1.82) is 0 Å². The number of carbonyl (C=O) groups excluding carboxylic acids is 2. The zero-order valence-electron chi connectivity index (χ0n) is 18.2. The minimum atomic E-state index is -0.458. The van der Waals surface area contributed by atoms with E-state index in [0.29, 0.717) is 27.5 Å². The van der Waals surface area contributed by atoms with Gasteiger partial charge in [0.1, 0.15) is 6.61 Å². The Labute approximate surface area is 199 Å². The van der Waals surface area contributed by atoms with E-state index < -0.39 is 4.92 Å². The molecule has 3 aromatic rings. The summed E-state index contributed by atoms with van der Waals surface area (Å²) in [4.78, 5) is 37.2. The van der Waals surface area contributed by atoms with Gasteiger partial charge < -0.3 is 9.47 Å². The largest absolute Gasteiger partial charge is 0.493 e. The van der Waals surface area contributed by atoms with Crippen molar-refractivity contribution in [2.24, 2.45) is 0 Å². The molecule has 2 amide bonds. The van der Waals surface area contributed by atoms with E-state index >= 15 is 0 Å². The number of thioether (sulfide) groups is 1. The van der Waals surface area contributed by atoms with Crippen molar-refractivity contribution in [3.05, 3.63) is 105 Å². The molecular formula is C25H20N2O6S. The molecule has 8 nitrogen and oxygen atoms in total. The minimum absolute atomic E-state index is 0.00961. The number of ether oxygens (including phenoxy) is 2. The first-order valence-corrected chi connectivity index (χ1v) is 11.1. The van der Waals surface area contributed by atoms with Crippen LogP contribution in [0.4, 0.5) is 10.5 Å². The van der Waals surface area contributed by atoms with Crippen molar-refractivity contribution in [3.8, 4) is 11.5 Å². The van der Waals surface area contributed by atoms with Gasteiger partial charge in [0.15, 0.2) is 11.5 Å². The lowest BCUT2D eigenvalue weighted by Crippen LogP contribution is -2.27. The number of non-ortho nitro benzene ring substituents is 1. The number of hydrogen-bond donors (Lipinski definition) is 0. The van der Waals surface area contributed by atoms with E-state index in [1.165, 1.54) is 24.1 Å². The standard InChI is InChI=1S/C25H20N2O6S/c1-32-22-13-18(10-11-21(22)33-16-19-8-5-9-20(12-19)27(30)31)14-23-24(28)26(25(29)34-23)15-17-6-3-2-4-7-17/h2-14H,15-16H2,1H3/b23-14+. The van der Waals surface area contributed by atoms with E-state index in [0.717, 1.165) is 17.3 Å². The number of rotatable bonds is 8. The number of hydrogen-bond acceptors (Lipinski definition) is 7. The van der Waals surface area contributed by atoms with Gasteiger partial charge in [-0.25, -0.2) is 0 Å². The van der Waals surface area contributed by atoms with Crippen LogP contribution >= 0.6 is 11.8 Å². The van der Waals surface area contributed by atoms with E-state index in [1.807, 2.05) is 30.3 Å². The van der Waals surface area contributed by atoms with E-state index in [-0.39, 0.29) is 30.0 Å². The Morgan fingerprint density at radius 2 is 1.74 bits per heavy atom. The highest BCUT2D eigenvalue weighted by molar-refractivity contribution is 8.18. The second-order valence-corrected chi connectivity index (χ2v) is 8.37. The molecule has 0 radical (unpaired) electrons. The molecule has 0 aromatic heterocycles. The summed E-state index contributed by atoms with van der Waals surface area (Å²) in [6, 6.07) is 20.7. The summed E-state index contributed by atoms with van der Waals surface area (Å²) in [6.07, 6.45) is 1.64. The first-order chi connectivity index (χ1) is 16.4. The molecule has 1 saturated heterocycles. The molecule has 3 aromatic carbocycles. The number of amides is 2. The topological polar surface area (TPSA) is 99.0 Å². The van der Waals surface area contributed by atoms with Crippen LogP contribution in [-0.2, 0) is 17.9 Å². The van der Waals surface area contributed by atoms with Gasteiger partial charge in [0, 0.05) is 12.1 Å². The first-order valence-electron chi connectivity index (χ1n) is 10.3. The molecule has 0 saturated carbocycles. The van der Waals surface area contributed by atoms with Gasteiger partial charge in [0.05, 0.1) is 23.5 Å². The zero-order valence-corrected chi connectivity index (χ0v) is 19.0. The van der Waals surface area contributed by atoms with Gasteiger partial charge in [-0.1, -0.05) is 48.5 Å². The summed E-state index contributed by atoms with van der Waals surface area (Å²) in [7, 11) is 1.49. The van der Waals surface area contributed by atoms with Crippen molar-refractivity contribution in [2.75, 3.05) is 7.11 Å². The number of nitrogens with zero attached hydrogens (tertiary/aromatic N) is 2. The summed E-state index contributed by atoms with van der Waals surface area (Å²) in [6.45, 7) is 0.340. The lowest BCUT2D eigenvalue weighted by molar-refractivity contribution is -0.384. The second-order valence-electron chi connectivity index (χ2n) is 7.38. The average Bonchev–Trinajstić information content (AvgIpc) is 3.11. The Hall–Kier alpha value is -4.11. The summed E-state index contributed by atoms with van der Waals surface area (Å²) in [5.41, 5.74) is 2.18. The molecule has 0 bridgehead atoms. The van der Waals surface area contributed by atoms with Crippen molar-refractivity contribution >= 4 is 34.7 Å². The average molecular weight is 477 g/mol. The van der Waals surface area contributed by atoms with Crippen LogP contribution in [0.3, 0.4) is 0 Å². The third kappa shape index (κ3) is 5.26. The smallest absolute Gasteiger partial charge is 0.293 e. The lowest BCUT2D eigenvalue weighted by Gasteiger charge is -2.12. The highest BCUT2D eigenvalue weighted by atomic mass is 32.2. The number of imide groups is 1. The van der Waals surface area contributed by atoms with Gasteiger partial charge in [-0.2, -0.15) is 0 Å². The number of methoxy groups -OCH3 is 1. The minimum Gasteiger partial charge on any atom is -0.493 e. The number of benzene rings is 3. The fourth-order valence-electron chi connectivity index (χ4n) is 3.37. The van der Waals surface area contributed by atoms with E-state index in [4.69, 9.17) is 9.47 Å². The fourth-order valence-corrected chi connectivity index (χ4v) is 4.21. The summed E-state index contributed by atoms with van der Waals surface area (Å²) in [5.74, 6) is 0.537. The first kappa shape index (κ1) is 23.1. The lowest BCUT2D eigenvalue weighted by atomic mass is 10.1. The molecule has 0 aliphatic carbocycles. The molecule has 0 spiro atoms. The van der Waals surface area contributed by atoms with Crippen LogP contribution in [0.5, 0.6) is 11.5 Å². The maximum Gasteiger partial charge on any atom is 0.293 e. The van der Waals surface area contributed by atoms with Crippen molar-refractivity contribution in [2.45, 2.75) is 13.2 Å². The van der Waals surface area contributed by atoms with Crippen molar-refractivity contribution < 1.29 is 24.0 Å². The Morgan fingerprint density at radius 1 is 0.971 bits per heavy atom. The third-order valence-corrected chi connectivity index (χ3v) is 5.97. The Bertz CT molecular complexity index is 1280. The normalized spacial score (nSPS) is 14.5. The van der Waals surface area contributed by atoms with Crippen LogP contribution in [0.1, 0.15) is 16.7 Å². The van der Waals surface area contributed by atoms with E-state index in [9.17, 15) is 19.7 Å². The van der Waals surface area contributed by atoms with Crippen LogP contribution in [0.15, 0.2) is 77.7 Å². The van der Waals surface area contributed by atoms with Gasteiger partial charge in [-0.05, 0) is 46.7 Å². The molecule has 0 N–H and O–H groups in total. The van der Waals surface area contributed by atoms with Crippen molar-refractivity contribution in [3.63, 3.8) is 0 Å². The molecule has 1 fully saturated rings. The molecule has 9 heteroatoms. The molecule has 172 valence electrons. The summed E-state index contributed by atoms with van der Waals surface area (Å²) in [5, 5.41) is 10.6. The summed E-state index contributed by atoms with van der Waals surface area (Å²) < 4.78 is 11.2. The molecule has 4 rings (SSSR count). The number of carbonyl (C=O) groups is 2. The van der Waals surface area contributed by atoms with E-state index in [2.05, 4.69) is 0 Å². The second kappa shape index (κ2) is 10.2. The molecule has 0 unspecified atom stereocenters. The summed E-state index contributed by atoms with van der Waals surface area (Å²) >= 11 is 0.896. The van der Waals surface area contributed by atoms with Crippen LogP contribution in [0.25, 0.3) is 6.08 Å². The SMILES string of the molecule is COc1cc(/C=C2/SC(=O)N(Cc3ccccc3)C2=O)ccc1OCc1cccc([N+](=O)[O-])c1.